The van der Waals surface area contributed by atoms with Crippen molar-refractivity contribution < 1.29 is 33.4 Å². The third-order valence-corrected chi connectivity index (χ3v) is 16.0. The predicted molar refractivity (Wildman–Crippen MR) is 293 cm³/mol. The van der Waals surface area contributed by atoms with Crippen molar-refractivity contribution in [1.82, 2.24) is 19.5 Å². The van der Waals surface area contributed by atoms with E-state index in [9.17, 15) is 0 Å². The minimum atomic E-state index is -1.39. The Morgan fingerprint density at radius 3 is 1.90 bits per heavy atom. The number of pyridine rings is 2. The van der Waals surface area contributed by atoms with Crippen LogP contribution in [-0.2, 0) is 25.5 Å². The Kier molecular flexibility index (Phi) is 12.1. The first kappa shape index (κ1) is 48.0. The molecule has 359 valence electrons. The van der Waals surface area contributed by atoms with Crippen LogP contribution >= 0.6 is 0 Å². The summed E-state index contributed by atoms with van der Waals surface area (Å²) in [5, 5.41) is 7.67. The molecule has 71 heavy (non-hydrogen) atoms. The summed E-state index contributed by atoms with van der Waals surface area (Å²) in [4.78, 5) is 14.5. The average molecular weight is 1130 g/mol. The van der Waals surface area contributed by atoms with Gasteiger partial charge in [0.1, 0.15) is 16.7 Å². The first-order valence-electron chi connectivity index (χ1n) is 24.5. The van der Waals surface area contributed by atoms with E-state index in [1.165, 1.54) is 33.1 Å². The molecular weight excluding hydrogens is 1070 g/mol. The molecule has 6 aromatic carbocycles. The number of aryl methyl sites for hydroxylation is 2. The Balaban J connectivity index is 0.000000190. The average Bonchev–Trinajstić information content (AvgIpc) is 4.09. The summed E-state index contributed by atoms with van der Waals surface area (Å²) in [5.41, 5.74) is 17.0. The zero-order valence-electron chi connectivity index (χ0n) is 42.5. The third kappa shape index (κ3) is 8.32. The zero-order chi connectivity index (χ0) is 49.0. The molecule has 0 N–H and O–H groups in total. The van der Waals surface area contributed by atoms with Crippen molar-refractivity contribution in [3.8, 4) is 28.3 Å². The van der Waals surface area contributed by atoms with Crippen LogP contribution in [0.15, 0.2) is 135 Å². The van der Waals surface area contributed by atoms with Gasteiger partial charge in [0, 0.05) is 59.2 Å². The molecule has 6 aromatic heterocycles. The van der Waals surface area contributed by atoms with Crippen LogP contribution in [-0.4, -0.2) is 27.6 Å². The van der Waals surface area contributed by atoms with Crippen LogP contribution in [0.1, 0.15) is 88.2 Å². The number of benzene rings is 6. The smallest absolute Gasteiger partial charge is 0.216 e. The van der Waals surface area contributed by atoms with E-state index in [1.54, 1.807) is 0 Å². The largest absolute Gasteiger partial charge is 0.501 e. The van der Waals surface area contributed by atoms with Crippen LogP contribution in [0, 0.1) is 26.0 Å². The fraction of sp³-hybridized carbons (Fsp3) is 0.242. The molecule has 0 aliphatic heterocycles. The summed E-state index contributed by atoms with van der Waals surface area (Å²) in [6.45, 7) is 27.2. The second-order valence-corrected chi connectivity index (χ2v) is 26.6. The zero-order valence-corrected chi connectivity index (χ0v) is 45.9. The fourth-order valence-electron chi connectivity index (χ4n) is 10.2. The maximum Gasteiger partial charge on any atom is 0.216 e. The molecule has 9 heteroatoms. The van der Waals surface area contributed by atoms with Crippen LogP contribution in [0.4, 0.5) is 0 Å². The number of hydrogen-bond acceptors (Lipinski definition) is 6. The van der Waals surface area contributed by atoms with Gasteiger partial charge in [-0.15, -0.1) is 36.4 Å². The first-order valence-corrected chi connectivity index (χ1v) is 28.0. The van der Waals surface area contributed by atoms with Gasteiger partial charge in [-0.25, -0.2) is 4.98 Å². The molecule has 0 aliphatic rings. The van der Waals surface area contributed by atoms with Crippen molar-refractivity contribution in [3.05, 3.63) is 162 Å². The second kappa shape index (κ2) is 17.9. The van der Waals surface area contributed by atoms with Gasteiger partial charge in [-0.2, -0.15) is 0 Å². The van der Waals surface area contributed by atoms with Crippen molar-refractivity contribution in [2.75, 3.05) is 0 Å². The monoisotopic (exact) mass is 1130 g/mol. The van der Waals surface area contributed by atoms with E-state index >= 15 is 0 Å². The molecule has 0 bridgehead atoms. The molecule has 12 rings (SSSR count). The molecule has 0 unspecified atom stereocenters. The second-order valence-electron chi connectivity index (χ2n) is 21.6. The van der Waals surface area contributed by atoms with E-state index in [-0.39, 0.29) is 25.5 Å². The minimum absolute atomic E-state index is 0. The van der Waals surface area contributed by atoms with E-state index in [0.29, 0.717) is 17.5 Å². The number of aromatic nitrogens is 4. The minimum Gasteiger partial charge on any atom is -0.501 e. The van der Waals surface area contributed by atoms with Crippen LogP contribution in [0.25, 0.3) is 105 Å². The van der Waals surface area contributed by atoms with Gasteiger partial charge in [-0.3, -0.25) is 4.98 Å². The number of para-hydroxylation sites is 3. The van der Waals surface area contributed by atoms with E-state index in [2.05, 4.69) is 170 Å². The molecule has 0 saturated heterocycles. The Morgan fingerprint density at radius 2 is 1.23 bits per heavy atom. The predicted octanol–water partition coefficient (Wildman–Crippen LogP) is 16.8. The number of imidazole rings is 1. The van der Waals surface area contributed by atoms with Gasteiger partial charge in [0.25, 0.3) is 0 Å². The molecular formula is C62H58IrN4O3Si-2. The third-order valence-electron chi connectivity index (χ3n) is 13.8. The van der Waals surface area contributed by atoms with Crippen molar-refractivity contribution in [3.63, 3.8) is 0 Å². The van der Waals surface area contributed by atoms with Gasteiger partial charge in [0.05, 0.1) is 36.1 Å². The summed E-state index contributed by atoms with van der Waals surface area (Å²) < 4.78 is 21.4. The summed E-state index contributed by atoms with van der Waals surface area (Å²) in [6.07, 6.45) is 2.04. The van der Waals surface area contributed by atoms with E-state index in [4.69, 9.17) is 23.2 Å². The van der Waals surface area contributed by atoms with Gasteiger partial charge in [0.2, 0.25) is 5.71 Å². The van der Waals surface area contributed by atoms with Gasteiger partial charge >= 0.3 is 0 Å². The molecule has 0 spiro atoms. The van der Waals surface area contributed by atoms with Crippen molar-refractivity contribution >= 4 is 90.2 Å². The van der Waals surface area contributed by atoms with Gasteiger partial charge < -0.3 is 22.8 Å². The maximum atomic E-state index is 6.74. The number of rotatable bonds is 6. The molecule has 7 nitrogen and oxygen atoms in total. The molecule has 6 heterocycles. The topological polar surface area (TPSA) is 83.0 Å². The summed E-state index contributed by atoms with van der Waals surface area (Å²) in [6, 6.07) is 46.8. The normalized spacial score (nSPS) is 12.4. The van der Waals surface area contributed by atoms with Gasteiger partial charge in [0.15, 0.2) is 0 Å². The molecule has 0 atom stereocenters. The van der Waals surface area contributed by atoms with Crippen LogP contribution in [0.5, 0.6) is 0 Å². The standard InChI is InChI=1S/C41H37N2O2.C21H21N2OSi.Ir/c1-23(2)29-19-25(41(5,6)7)20-30(24(3)4)38(29)43-34-17-10-9-16-33(34)42-40(43)28-15-12-14-27-32-22-36-31(21-37(32)45-39(27)28)26-13-8-11-18-35(26)44-36;1-13-11-18(22-12-19(13)25(3,4)5)17-8-6-7-15-16-10-9-14(2)23-21(16)24-20(15)17;/h8-14,16-24H,1-7H3;6-7,9-12H,1-5H3;/q2*-1;. The first-order chi connectivity index (χ1) is 33.4. The van der Waals surface area contributed by atoms with Crippen molar-refractivity contribution in [2.45, 2.75) is 99.2 Å². The number of nitrogens with zero attached hydrogens (tertiary/aromatic N) is 4. The van der Waals surface area contributed by atoms with Gasteiger partial charge in [-0.1, -0.05) is 144 Å². The Labute approximate surface area is 429 Å². The van der Waals surface area contributed by atoms with Crippen molar-refractivity contribution in [2.24, 2.45) is 0 Å². The Hall–Kier alpha value is -6.64. The van der Waals surface area contributed by atoms with E-state index in [0.717, 1.165) is 99.6 Å². The number of furan rings is 3. The molecule has 0 amide bonds. The fourth-order valence-corrected chi connectivity index (χ4v) is 11.9. The van der Waals surface area contributed by atoms with Crippen LogP contribution in [0.2, 0.25) is 19.6 Å². The van der Waals surface area contributed by atoms with E-state index in [1.807, 2.05) is 55.6 Å². The van der Waals surface area contributed by atoms with E-state index < -0.39 is 8.07 Å². The van der Waals surface area contributed by atoms with Crippen LogP contribution in [0.3, 0.4) is 0 Å². The molecule has 0 saturated carbocycles. The Bertz CT molecular complexity index is 4000. The summed E-state index contributed by atoms with van der Waals surface area (Å²) >= 11 is 0. The Morgan fingerprint density at radius 1 is 0.606 bits per heavy atom. The van der Waals surface area contributed by atoms with Crippen molar-refractivity contribution in [1.29, 1.82) is 0 Å². The molecule has 1 radical (unpaired) electrons. The molecule has 0 aliphatic carbocycles. The SMILES string of the molecule is CC(C)c1cc(C(C)(C)C)cc(C(C)C)c1-n1c(-c2[c-]ccc3c2oc2cc4c(cc23)oc2ccccc24)nc2ccccc21.Cc1ccc2c(n1)oc1c(-c3cc(C)c([Si](C)(C)C)cn3)[c-]ccc12.[Ir]. The number of fused-ring (bicyclic) bond motifs is 10. The molecule has 12 aromatic rings. The maximum absolute atomic E-state index is 6.74. The van der Waals surface area contributed by atoms with Crippen LogP contribution < -0.4 is 5.19 Å². The van der Waals surface area contributed by atoms with Gasteiger partial charge in [-0.05, 0) is 101 Å². The quantitative estimate of drug-likeness (QED) is 0.122. The molecule has 0 fully saturated rings. The summed E-state index contributed by atoms with van der Waals surface area (Å²) in [7, 11) is -1.39. The summed E-state index contributed by atoms with van der Waals surface area (Å²) in [5.74, 6) is 1.46. The number of hydrogen-bond donors (Lipinski definition) is 0.